The fourth-order valence-electron chi connectivity index (χ4n) is 3.35. The zero-order valence-corrected chi connectivity index (χ0v) is 10.9. The van der Waals surface area contributed by atoms with Crippen LogP contribution < -0.4 is 5.73 Å². The van der Waals surface area contributed by atoms with E-state index in [1.165, 1.54) is 51.7 Å². The van der Waals surface area contributed by atoms with Crippen LogP contribution in [0.5, 0.6) is 0 Å². The zero-order chi connectivity index (χ0) is 11.6. The van der Waals surface area contributed by atoms with Gasteiger partial charge in [-0.3, -0.25) is 9.80 Å². The van der Waals surface area contributed by atoms with Crippen molar-refractivity contribution in [2.75, 3.05) is 33.2 Å². The molecule has 1 unspecified atom stereocenters. The lowest BCUT2D eigenvalue weighted by atomic mass is 9.75. The summed E-state index contributed by atoms with van der Waals surface area (Å²) in [6.07, 6.45) is 6.72. The van der Waals surface area contributed by atoms with E-state index >= 15 is 0 Å². The lowest BCUT2D eigenvalue weighted by Gasteiger charge is -2.49. The van der Waals surface area contributed by atoms with Gasteiger partial charge in [-0.05, 0) is 52.2 Å². The number of nitrogens with two attached hydrogens (primary N) is 1. The van der Waals surface area contributed by atoms with Gasteiger partial charge in [0.15, 0.2) is 0 Å². The largest absolute Gasteiger partial charge is 0.329 e. The van der Waals surface area contributed by atoms with Gasteiger partial charge in [0.25, 0.3) is 0 Å². The van der Waals surface area contributed by atoms with E-state index in [-0.39, 0.29) is 0 Å². The Bertz CT molecular complexity index is 220. The summed E-state index contributed by atoms with van der Waals surface area (Å²) in [5.41, 5.74) is 6.31. The lowest BCUT2D eigenvalue weighted by molar-refractivity contribution is 0.0279. The smallest absolute Gasteiger partial charge is 0.0329 e. The van der Waals surface area contributed by atoms with Crippen LogP contribution in [0.3, 0.4) is 0 Å². The van der Waals surface area contributed by atoms with Gasteiger partial charge in [-0.25, -0.2) is 0 Å². The van der Waals surface area contributed by atoms with Crippen LogP contribution in [-0.2, 0) is 0 Å². The van der Waals surface area contributed by atoms with Crippen LogP contribution in [0.15, 0.2) is 0 Å². The van der Waals surface area contributed by atoms with Crippen LogP contribution in [-0.4, -0.2) is 54.6 Å². The molecule has 2 N–H and O–H groups in total. The summed E-state index contributed by atoms with van der Waals surface area (Å²) >= 11 is 0. The van der Waals surface area contributed by atoms with E-state index in [0.717, 1.165) is 12.6 Å². The molecule has 3 heteroatoms. The average Bonchev–Trinajstić information content (AvgIpc) is 2.64. The molecule has 3 nitrogen and oxygen atoms in total. The minimum Gasteiger partial charge on any atom is -0.329 e. The summed E-state index contributed by atoms with van der Waals surface area (Å²) in [4.78, 5) is 5.18. The highest BCUT2D eigenvalue weighted by atomic mass is 15.3. The van der Waals surface area contributed by atoms with Gasteiger partial charge in [-0.1, -0.05) is 6.92 Å². The van der Waals surface area contributed by atoms with Crippen molar-refractivity contribution >= 4 is 0 Å². The highest BCUT2D eigenvalue weighted by Gasteiger charge is 2.40. The van der Waals surface area contributed by atoms with Crippen LogP contribution in [0, 0.1) is 0 Å². The molecule has 0 amide bonds. The van der Waals surface area contributed by atoms with E-state index in [1.54, 1.807) is 0 Å². The summed E-state index contributed by atoms with van der Waals surface area (Å²) in [5.74, 6) is 0. The topological polar surface area (TPSA) is 32.5 Å². The Hall–Kier alpha value is -0.120. The molecule has 1 aliphatic carbocycles. The van der Waals surface area contributed by atoms with Crippen molar-refractivity contribution in [3.05, 3.63) is 0 Å². The van der Waals surface area contributed by atoms with Gasteiger partial charge in [0.05, 0.1) is 0 Å². The molecule has 1 saturated heterocycles. The van der Waals surface area contributed by atoms with Gasteiger partial charge >= 0.3 is 0 Å². The van der Waals surface area contributed by atoms with E-state index in [1.807, 2.05) is 0 Å². The van der Waals surface area contributed by atoms with Crippen LogP contribution in [0.25, 0.3) is 0 Å². The second-order valence-electron chi connectivity index (χ2n) is 5.59. The molecule has 94 valence electrons. The van der Waals surface area contributed by atoms with Crippen molar-refractivity contribution < 1.29 is 0 Å². The van der Waals surface area contributed by atoms with Crippen LogP contribution in [0.1, 0.15) is 39.0 Å². The van der Waals surface area contributed by atoms with E-state index in [0.29, 0.717) is 5.54 Å². The van der Waals surface area contributed by atoms with Crippen molar-refractivity contribution in [2.24, 2.45) is 5.73 Å². The molecule has 0 aromatic rings. The molecule has 0 radical (unpaired) electrons. The maximum absolute atomic E-state index is 5.96. The predicted octanol–water partition coefficient (Wildman–Crippen LogP) is 1.28. The van der Waals surface area contributed by atoms with E-state index in [9.17, 15) is 0 Å². The third-order valence-electron chi connectivity index (χ3n) is 4.86. The fourth-order valence-corrected chi connectivity index (χ4v) is 3.35. The monoisotopic (exact) mass is 225 g/mol. The Morgan fingerprint density at radius 1 is 1.38 bits per heavy atom. The number of likely N-dealkylation sites (tertiary alicyclic amines) is 1. The summed E-state index contributed by atoms with van der Waals surface area (Å²) < 4.78 is 0. The SMILES string of the molecule is CCN1CCCC1CN(C)C1(CN)CCC1. The van der Waals surface area contributed by atoms with Gasteiger partial charge in [0.2, 0.25) is 0 Å². The molecule has 1 aliphatic heterocycles. The Balaban J connectivity index is 1.88. The van der Waals surface area contributed by atoms with E-state index < -0.39 is 0 Å². The third-order valence-corrected chi connectivity index (χ3v) is 4.86. The normalized spacial score (nSPS) is 29.6. The van der Waals surface area contributed by atoms with Gasteiger partial charge in [0, 0.05) is 24.7 Å². The molecule has 0 aromatic heterocycles. The third kappa shape index (κ3) is 2.13. The van der Waals surface area contributed by atoms with Crippen molar-refractivity contribution in [3.8, 4) is 0 Å². The maximum Gasteiger partial charge on any atom is 0.0329 e. The first-order chi connectivity index (χ1) is 7.72. The number of rotatable bonds is 5. The van der Waals surface area contributed by atoms with Crippen LogP contribution in [0.2, 0.25) is 0 Å². The first-order valence-electron chi connectivity index (χ1n) is 6.87. The first kappa shape index (κ1) is 12.3. The predicted molar refractivity (Wildman–Crippen MR) is 68.5 cm³/mol. The lowest BCUT2D eigenvalue weighted by Crippen LogP contribution is -2.59. The van der Waals surface area contributed by atoms with Crippen molar-refractivity contribution in [2.45, 2.75) is 50.6 Å². The Labute approximate surface area is 100.0 Å². The van der Waals surface area contributed by atoms with Gasteiger partial charge < -0.3 is 5.73 Å². The van der Waals surface area contributed by atoms with Gasteiger partial charge in [-0.2, -0.15) is 0 Å². The second kappa shape index (κ2) is 5.03. The maximum atomic E-state index is 5.96. The summed E-state index contributed by atoms with van der Waals surface area (Å²) in [6.45, 7) is 6.83. The molecular weight excluding hydrogens is 198 g/mol. The van der Waals surface area contributed by atoms with Gasteiger partial charge in [0.1, 0.15) is 0 Å². The first-order valence-corrected chi connectivity index (χ1v) is 6.87. The zero-order valence-electron chi connectivity index (χ0n) is 10.9. The molecule has 0 aromatic carbocycles. The highest BCUT2D eigenvalue weighted by Crippen LogP contribution is 2.36. The summed E-state index contributed by atoms with van der Waals surface area (Å²) in [6, 6.07) is 0.777. The molecule has 16 heavy (non-hydrogen) atoms. The number of hydrogen-bond acceptors (Lipinski definition) is 3. The molecule has 1 atom stereocenters. The Morgan fingerprint density at radius 2 is 2.12 bits per heavy atom. The molecule has 1 heterocycles. The average molecular weight is 225 g/mol. The molecule has 2 fully saturated rings. The standard InChI is InChI=1S/C13H27N3/c1-3-16-9-4-6-12(16)10-15(2)13(11-14)7-5-8-13/h12H,3-11,14H2,1-2H3. The minimum absolute atomic E-state index is 0.349. The molecule has 0 bridgehead atoms. The second-order valence-corrected chi connectivity index (χ2v) is 5.59. The van der Waals surface area contributed by atoms with Crippen molar-refractivity contribution in [3.63, 3.8) is 0 Å². The molecular formula is C13H27N3. The molecule has 1 saturated carbocycles. The van der Waals surface area contributed by atoms with E-state index in [2.05, 4.69) is 23.8 Å². The highest BCUT2D eigenvalue weighted by molar-refractivity contribution is 4.99. The van der Waals surface area contributed by atoms with Gasteiger partial charge in [-0.15, -0.1) is 0 Å². The minimum atomic E-state index is 0.349. The quantitative estimate of drug-likeness (QED) is 0.765. The van der Waals surface area contributed by atoms with Crippen molar-refractivity contribution in [1.82, 2.24) is 9.80 Å². The number of likely N-dealkylation sites (N-methyl/N-ethyl adjacent to an activating group) is 2. The van der Waals surface area contributed by atoms with Crippen LogP contribution in [0.4, 0.5) is 0 Å². The Morgan fingerprint density at radius 3 is 2.62 bits per heavy atom. The molecule has 2 aliphatic rings. The van der Waals surface area contributed by atoms with E-state index in [4.69, 9.17) is 5.73 Å². The van der Waals surface area contributed by atoms with Crippen LogP contribution >= 0.6 is 0 Å². The summed E-state index contributed by atoms with van der Waals surface area (Å²) in [5, 5.41) is 0. The fraction of sp³-hybridized carbons (Fsp3) is 1.00. The number of hydrogen-bond donors (Lipinski definition) is 1. The Kier molecular flexibility index (Phi) is 3.88. The molecule has 2 rings (SSSR count). The summed E-state index contributed by atoms with van der Waals surface area (Å²) in [7, 11) is 2.28. The van der Waals surface area contributed by atoms with Crippen molar-refractivity contribution in [1.29, 1.82) is 0 Å². The number of nitrogens with zero attached hydrogens (tertiary/aromatic N) is 2. The molecule has 0 spiro atoms.